The SMILES string of the molecule is c1ccc(C2(c3ccc(N(c4ccc(-n5c6ccccc6c6ccccc65)cc4)c4cccc5c4C(c4ccccc4)(c4ccccc4)c4ccccc4-5)cc3)c3ccccc3-c3ccccc32)cc1. The van der Waals surface area contributed by atoms with E-state index in [0.29, 0.717) is 0 Å². The Labute approximate surface area is 408 Å². The molecule has 0 unspecified atom stereocenters. The van der Waals surface area contributed by atoms with Crippen LogP contribution in [0.5, 0.6) is 0 Å². The highest BCUT2D eigenvalue weighted by Crippen LogP contribution is 2.61. The lowest BCUT2D eigenvalue weighted by atomic mass is 9.67. The average Bonchev–Trinajstić information content (AvgIpc) is 4.06. The lowest BCUT2D eigenvalue weighted by molar-refractivity contribution is 0.766. The van der Waals surface area contributed by atoms with Gasteiger partial charge in [0.2, 0.25) is 0 Å². The van der Waals surface area contributed by atoms with Crippen molar-refractivity contribution in [2.24, 2.45) is 0 Å². The summed E-state index contributed by atoms with van der Waals surface area (Å²) in [5, 5.41) is 2.50. The molecular formula is C68H46N2. The van der Waals surface area contributed by atoms with Crippen molar-refractivity contribution in [3.05, 3.63) is 324 Å². The van der Waals surface area contributed by atoms with Crippen molar-refractivity contribution in [3.63, 3.8) is 0 Å². The zero-order chi connectivity index (χ0) is 46.2. The molecule has 0 aliphatic heterocycles. The maximum atomic E-state index is 2.51. The number of rotatable bonds is 8. The highest BCUT2D eigenvalue weighted by molar-refractivity contribution is 6.09. The number of para-hydroxylation sites is 2. The normalized spacial score (nSPS) is 13.7. The molecule has 2 nitrogen and oxygen atoms in total. The van der Waals surface area contributed by atoms with Crippen LogP contribution in [-0.2, 0) is 10.8 Å². The first kappa shape index (κ1) is 40.1. The van der Waals surface area contributed by atoms with Gasteiger partial charge in [-0.15, -0.1) is 0 Å². The molecule has 0 fully saturated rings. The number of fused-ring (bicyclic) bond motifs is 9. The molecule has 0 amide bonds. The monoisotopic (exact) mass is 890 g/mol. The number of anilines is 3. The Kier molecular flexibility index (Phi) is 9.06. The van der Waals surface area contributed by atoms with Gasteiger partial charge in [0, 0.05) is 33.4 Å². The summed E-state index contributed by atoms with van der Waals surface area (Å²) >= 11 is 0. The van der Waals surface area contributed by atoms with Crippen molar-refractivity contribution >= 4 is 38.9 Å². The highest BCUT2D eigenvalue weighted by atomic mass is 15.1. The van der Waals surface area contributed by atoms with Crippen LogP contribution in [0.3, 0.4) is 0 Å². The van der Waals surface area contributed by atoms with Crippen LogP contribution in [0, 0.1) is 0 Å². The van der Waals surface area contributed by atoms with E-state index in [9.17, 15) is 0 Å². The zero-order valence-electron chi connectivity index (χ0n) is 38.5. The van der Waals surface area contributed by atoms with E-state index in [1.54, 1.807) is 0 Å². The molecule has 0 radical (unpaired) electrons. The molecule has 14 rings (SSSR count). The minimum Gasteiger partial charge on any atom is -0.310 e. The molecule has 1 aromatic heterocycles. The topological polar surface area (TPSA) is 8.17 Å². The molecule has 0 saturated heterocycles. The summed E-state index contributed by atoms with van der Waals surface area (Å²) in [5.41, 5.74) is 20.9. The Morgan fingerprint density at radius 1 is 0.271 bits per heavy atom. The van der Waals surface area contributed by atoms with Crippen LogP contribution < -0.4 is 4.90 Å². The van der Waals surface area contributed by atoms with E-state index in [1.165, 1.54) is 88.6 Å². The van der Waals surface area contributed by atoms with Crippen molar-refractivity contribution in [2.45, 2.75) is 10.8 Å². The second-order valence-electron chi connectivity index (χ2n) is 18.7. The summed E-state index contributed by atoms with van der Waals surface area (Å²) in [5.74, 6) is 0. The minimum atomic E-state index is -0.610. The van der Waals surface area contributed by atoms with Crippen molar-refractivity contribution in [3.8, 4) is 27.9 Å². The molecule has 328 valence electrons. The Hall–Kier alpha value is -8.98. The van der Waals surface area contributed by atoms with Gasteiger partial charge in [0.25, 0.3) is 0 Å². The summed E-state index contributed by atoms with van der Waals surface area (Å²) in [7, 11) is 0. The van der Waals surface area contributed by atoms with Gasteiger partial charge in [0.1, 0.15) is 0 Å². The largest absolute Gasteiger partial charge is 0.310 e. The van der Waals surface area contributed by atoms with Crippen molar-refractivity contribution in [2.75, 3.05) is 4.90 Å². The highest BCUT2D eigenvalue weighted by Gasteiger charge is 2.49. The van der Waals surface area contributed by atoms with Crippen LogP contribution in [0.4, 0.5) is 17.1 Å². The third kappa shape index (κ3) is 5.62. The average molecular weight is 891 g/mol. The van der Waals surface area contributed by atoms with Gasteiger partial charge in [0.05, 0.1) is 27.6 Å². The summed E-state index contributed by atoms with van der Waals surface area (Å²) < 4.78 is 2.40. The third-order valence-electron chi connectivity index (χ3n) is 15.4. The predicted molar refractivity (Wildman–Crippen MR) is 290 cm³/mol. The Balaban J connectivity index is 1.02. The van der Waals surface area contributed by atoms with Crippen LogP contribution in [0.15, 0.2) is 279 Å². The van der Waals surface area contributed by atoms with Crippen molar-refractivity contribution in [1.82, 2.24) is 4.57 Å². The van der Waals surface area contributed by atoms with E-state index in [4.69, 9.17) is 0 Å². The second kappa shape index (κ2) is 15.8. The molecule has 2 aliphatic carbocycles. The smallest absolute Gasteiger partial charge is 0.0734 e. The molecule has 12 aromatic rings. The third-order valence-corrected chi connectivity index (χ3v) is 15.4. The lowest BCUT2D eigenvalue weighted by Crippen LogP contribution is -2.30. The van der Waals surface area contributed by atoms with Crippen LogP contribution in [-0.4, -0.2) is 4.57 Å². The Morgan fingerprint density at radius 2 is 0.643 bits per heavy atom. The molecule has 0 spiro atoms. The molecule has 0 atom stereocenters. The second-order valence-corrected chi connectivity index (χ2v) is 18.7. The summed E-state index contributed by atoms with van der Waals surface area (Å²) in [6, 6.07) is 104. The fourth-order valence-corrected chi connectivity index (χ4v) is 12.6. The van der Waals surface area contributed by atoms with Crippen molar-refractivity contribution in [1.29, 1.82) is 0 Å². The fraction of sp³-hybridized carbons (Fsp3) is 0.0294. The standard InChI is InChI=1S/C68H46N2/c1-4-21-47(22-5-1)67(60-33-15-10-27-54(60)55-28-11-16-34-61(55)67)50-39-41-51(42-40-50)69(52-43-45-53(46-44-52)70-63-36-18-13-30-57(63)58-31-14-19-37-64(58)70)65-38-20-32-59-56-29-12-17-35-62(56)68(66(59)65,48-23-6-2-7-24-48)49-25-8-3-9-26-49/h1-46H. The first-order valence-corrected chi connectivity index (χ1v) is 24.3. The van der Waals surface area contributed by atoms with Gasteiger partial charge in [-0.05, 0) is 116 Å². The minimum absolute atomic E-state index is 0.507. The number of aromatic nitrogens is 1. The number of benzene rings is 11. The van der Waals surface area contributed by atoms with Gasteiger partial charge in [-0.2, -0.15) is 0 Å². The molecular weight excluding hydrogens is 845 g/mol. The van der Waals surface area contributed by atoms with E-state index in [2.05, 4.69) is 289 Å². The zero-order valence-corrected chi connectivity index (χ0v) is 38.5. The maximum absolute atomic E-state index is 2.51. The number of hydrogen-bond donors (Lipinski definition) is 0. The molecule has 1 heterocycles. The molecule has 11 aromatic carbocycles. The van der Waals surface area contributed by atoms with Gasteiger partial charge >= 0.3 is 0 Å². The molecule has 0 bridgehead atoms. The van der Waals surface area contributed by atoms with Gasteiger partial charge < -0.3 is 9.47 Å². The van der Waals surface area contributed by atoms with Gasteiger partial charge in [-0.25, -0.2) is 0 Å². The lowest BCUT2D eigenvalue weighted by Gasteiger charge is -2.38. The summed E-state index contributed by atoms with van der Waals surface area (Å²) in [4.78, 5) is 2.51. The fourth-order valence-electron chi connectivity index (χ4n) is 12.6. The van der Waals surface area contributed by atoms with E-state index in [1.807, 2.05) is 0 Å². The van der Waals surface area contributed by atoms with E-state index in [-0.39, 0.29) is 0 Å². The summed E-state index contributed by atoms with van der Waals surface area (Å²) in [6.45, 7) is 0. The number of hydrogen-bond acceptors (Lipinski definition) is 1. The van der Waals surface area contributed by atoms with Crippen LogP contribution in [0.25, 0.3) is 49.7 Å². The van der Waals surface area contributed by atoms with Crippen LogP contribution >= 0.6 is 0 Å². The number of nitrogens with zero attached hydrogens (tertiary/aromatic N) is 2. The van der Waals surface area contributed by atoms with Gasteiger partial charge in [-0.3, -0.25) is 0 Å². The molecule has 2 heteroatoms. The van der Waals surface area contributed by atoms with E-state index in [0.717, 1.165) is 22.7 Å². The van der Waals surface area contributed by atoms with Gasteiger partial charge in [-0.1, -0.05) is 224 Å². The quantitative estimate of drug-likeness (QED) is 0.148. The van der Waals surface area contributed by atoms with E-state index >= 15 is 0 Å². The molecule has 70 heavy (non-hydrogen) atoms. The first-order chi connectivity index (χ1) is 34.8. The first-order valence-electron chi connectivity index (χ1n) is 24.3. The van der Waals surface area contributed by atoms with Gasteiger partial charge in [0.15, 0.2) is 0 Å². The Bertz CT molecular complexity index is 3790. The van der Waals surface area contributed by atoms with Crippen LogP contribution in [0.1, 0.15) is 44.5 Å². The summed E-state index contributed by atoms with van der Waals surface area (Å²) in [6.07, 6.45) is 0. The maximum Gasteiger partial charge on any atom is 0.0734 e. The molecule has 0 saturated carbocycles. The van der Waals surface area contributed by atoms with Crippen LogP contribution in [0.2, 0.25) is 0 Å². The molecule has 2 aliphatic rings. The predicted octanol–water partition coefficient (Wildman–Crippen LogP) is 17.0. The van der Waals surface area contributed by atoms with E-state index < -0.39 is 10.8 Å². The Morgan fingerprint density at radius 3 is 1.16 bits per heavy atom. The molecule has 0 N–H and O–H groups in total. The van der Waals surface area contributed by atoms with Crippen molar-refractivity contribution < 1.29 is 0 Å².